The number of unbranched alkanes of at least 4 members (excludes halogenated alkanes) is 1. The minimum atomic E-state index is -0.940. The molecule has 0 aromatic rings. The van der Waals surface area contributed by atoms with E-state index in [9.17, 15) is 4.79 Å². The van der Waals surface area contributed by atoms with Crippen molar-refractivity contribution in [1.29, 1.82) is 0 Å². The minimum Gasteiger partial charge on any atom is -0.383 e. The van der Waals surface area contributed by atoms with Crippen LogP contribution in [0.15, 0.2) is 0 Å². The molecule has 0 unspecified atom stereocenters. The standard InChI is InChI=1S/C6H13NO2/c1-2-3-4-5(8)6(7)9/h5,8H,2-4H2,1H3,(H2,7,9)/t5-/m0/s1. The Hall–Kier alpha value is -0.570. The molecule has 9 heavy (non-hydrogen) atoms. The van der Waals surface area contributed by atoms with Crippen LogP contribution in [-0.4, -0.2) is 17.1 Å². The average Bonchev–Trinajstić information content (AvgIpc) is 1.82. The lowest BCUT2D eigenvalue weighted by Crippen LogP contribution is -2.27. The summed E-state index contributed by atoms with van der Waals surface area (Å²) in [5.74, 6) is -0.622. The molecule has 54 valence electrons. The van der Waals surface area contributed by atoms with Crippen molar-refractivity contribution >= 4 is 5.91 Å². The molecule has 3 N–H and O–H groups in total. The fraction of sp³-hybridized carbons (Fsp3) is 0.833. The zero-order chi connectivity index (χ0) is 7.28. The first-order valence-electron chi connectivity index (χ1n) is 3.16. The molecule has 0 aliphatic heterocycles. The second kappa shape index (κ2) is 4.32. The number of aliphatic hydroxyl groups is 1. The highest BCUT2D eigenvalue weighted by atomic mass is 16.3. The number of hydrogen-bond acceptors (Lipinski definition) is 2. The smallest absolute Gasteiger partial charge is 0.246 e. The predicted molar refractivity (Wildman–Crippen MR) is 34.7 cm³/mol. The van der Waals surface area contributed by atoms with Crippen LogP contribution in [0.2, 0.25) is 0 Å². The van der Waals surface area contributed by atoms with Gasteiger partial charge in [0.1, 0.15) is 6.10 Å². The Morgan fingerprint density at radius 3 is 2.67 bits per heavy atom. The molecule has 0 aromatic heterocycles. The summed E-state index contributed by atoms with van der Waals surface area (Å²) < 4.78 is 0. The van der Waals surface area contributed by atoms with E-state index >= 15 is 0 Å². The van der Waals surface area contributed by atoms with Gasteiger partial charge >= 0.3 is 0 Å². The lowest BCUT2D eigenvalue weighted by molar-refractivity contribution is -0.126. The number of amides is 1. The van der Waals surface area contributed by atoms with Crippen molar-refractivity contribution in [3.8, 4) is 0 Å². The lowest BCUT2D eigenvalue weighted by Gasteiger charge is -2.02. The quantitative estimate of drug-likeness (QED) is 0.565. The summed E-state index contributed by atoms with van der Waals surface area (Å²) >= 11 is 0. The highest BCUT2D eigenvalue weighted by Crippen LogP contribution is 1.98. The van der Waals surface area contributed by atoms with Gasteiger partial charge in [-0.3, -0.25) is 4.79 Å². The maximum Gasteiger partial charge on any atom is 0.246 e. The van der Waals surface area contributed by atoms with Crippen molar-refractivity contribution in [3.05, 3.63) is 0 Å². The monoisotopic (exact) mass is 131 g/mol. The SMILES string of the molecule is CCCC[C@H](O)C(N)=O. The summed E-state index contributed by atoms with van der Waals surface area (Å²) in [5, 5.41) is 8.78. The summed E-state index contributed by atoms with van der Waals surface area (Å²) in [5.41, 5.74) is 4.79. The van der Waals surface area contributed by atoms with Crippen LogP contribution >= 0.6 is 0 Å². The van der Waals surface area contributed by atoms with Crippen molar-refractivity contribution < 1.29 is 9.90 Å². The third kappa shape index (κ3) is 3.97. The second-order valence-electron chi connectivity index (χ2n) is 2.06. The summed E-state index contributed by atoms with van der Waals surface area (Å²) in [4.78, 5) is 10.2. The van der Waals surface area contributed by atoms with Gasteiger partial charge in [-0.2, -0.15) is 0 Å². The van der Waals surface area contributed by atoms with E-state index in [0.717, 1.165) is 12.8 Å². The predicted octanol–water partition coefficient (Wildman–Crippen LogP) is 0.0228. The van der Waals surface area contributed by atoms with E-state index in [1.807, 2.05) is 6.92 Å². The van der Waals surface area contributed by atoms with Crippen LogP contribution in [-0.2, 0) is 4.79 Å². The van der Waals surface area contributed by atoms with E-state index < -0.39 is 12.0 Å². The molecule has 0 bridgehead atoms. The van der Waals surface area contributed by atoms with Gasteiger partial charge in [-0.05, 0) is 6.42 Å². The first kappa shape index (κ1) is 8.43. The molecule has 0 heterocycles. The van der Waals surface area contributed by atoms with Gasteiger partial charge in [0, 0.05) is 0 Å². The topological polar surface area (TPSA) is 63.3 Å². The van der Waals surface area contributed by atoms with E-state index in [-0.39, 0.29) is 0 Å². The number of primary amides is 1. The van der Waals surface area contributed by atoms with Gasteiger partial charge in [0.25, 0.3) is 0 Å². The molecule has 0 aliphatic carbocycles. The third-order valence-electron chi connectivity index (χ3n) is 1.16. The van der Waals surface area contributed by atoms with Crippen LogP contribution < -0.4 is 5.73 Å². The molecule has 0 spiro atoms. The van der Waals surface area contributed by atoms with Crippen molar-refractivity contribution in [3.63, 3.8) is 0 Å². The maximum absolute atomic E-state index is 10.2. The average molecular weight is 131 g/mol. The van der Waals surface area contributed by atoms with Crippen LogP contribution in [0, 0.1) is 0 Å². The number of rotatable bonds is 4. The number of carbonyl (C=O) groups excluding carboxylic acids is 1. The molecule has 0 saturated carbocycles. The Morgan fingerprint density at radius 1 is 1.78 bits per heavy atom. The van der Waals surface area contributed by atoms with E-state index in [0.29, 0.717) is 6.42 Å². The van der Waals surface area contributed by atoms with Crippen LogP contribution in [0.5, 0.6) is 0 Å². The van der Waals surface area contributed by atoms with E-state index in [1.165, 1.54) is 0 Å². The van der Waals surface area contributed by atoms with Crippen molar-refractivity contribution in [2.45, 2.75) is 32.3 Å². The second-order valence-corrected chi connectivity index (χ2v) is 2.06. The number of hydrogen-bond donors (Lipinski definition) is 2. The lowest BCUT2D eigenvalue weighted by atomic mass is 10.1. The number of carbonyl (C=O) groups is 1. The number of aliphatic hydroxyl groups excluding tert-OH is 1. The Morgan fingerprint density at radius 2 is 2.33 bits per heavy atom. The highest BCUT2D eigenvalue weighted by molar-refractivity contribution is 5.78. The zero-order valence-corrected chi connectivity index (χ0v) is 5.63. The van der Waals surface area contributed by atoms with Crippen LogP contribution in [0.3, 0.4) is 0 Å². The Bertz CT molecular complexity index is 93.1. The Labute approximate surface area is 54.9 Å². The van der Waals surface area contributed by atoms with Gasteiger partial charge in [0.2, 0.25) is 5.91 Å². The van der Waals surface area contributed by atoms with Crippen molar-refractivity contribution in [2.75, 3.05) is 0 Å². The molecule has 3 heteroatoms. The summed E-state index contributed by atoms with van der Waals surface area (Å²) in [7, 11) is 0. The van der Waals surface area contributed by atoms with Crippen LogP contribution in [0.25, 0.3) is 0 Å². The molecular weight excluding hydrogens is 118 g/mol. The fourth-order valence-electron chi connectivity index (χ4n) is 0.540. The van der Waals surface area contributed by atoms with E-state index in [4.69, 9.17) is 10.8 Å². The summed E-state index contributed by atoms with van der Waals surface area (Å²) in [6, 6.07) is 0. The third-order valence-corrected chi connectivity index (χ3v) is 1.16. The van der Waals surface area contributed by atoms with Crippen molar-refractivity contribution in [2.24, 2.45) is 5.73 Å². The molecule has 0 radical (unpaired) electrons. The Balaban J connectivity index is 3.27. The van der Waals surface area contributed by atoms with E-state index in [2.05, 4.69) is 0 Å². The van der Waals surface area contributed by atoms with Gasteiger partial charge in [0.05, 0.1) is 0 Å². The van der Waals surface area contributed by atoms with E-state index in [1.54, 1.807) is 0 Å². The van der Waals surface area contributed by atoms with Gasteiger partial charge in [-0.25, -0.2) is 0 Å². The summed E-state index contributed by atoms with van der Waals surface area (Å²) in [6.45, 7) is 1.99. The zero-order valence-electron chi connectivity index (χ0n) is 5.63. The molecule has 1 atom stereocenters. The minimum absolute atomic E-state index is 0.492. The van der Waals surface area contributed by atoms with Gasteiger partial charge in [0.15, 0.2) is 0 Å². The molecule has 0 rings (SSSR count). The molecular formula is C6H13NO2. The largest absolute Gasteiger partial charge is 0.383 e. The summed E-state index contributed by atoms with van der Waals surface area (Å²) in [6.07, 6.45) is 1.38. The van der Waals surface area contributed by atoms with Crippen LogP contribution in [0.4, 0.5) is 0 Å². The van der Waals surface area contributed by atoms with Gasteiger partial charge in [-0.15, -0.1) is 0 Å². The number of nitrogens with two attached hydrogens (primary N) is 1. The van der Waals surface area contributed by atoms with Crippen molar-refractivity contribution in [1.82, 2.24) is 0 Å². The van der Waals surface area contributed by atoms with Crippen LogP contribution in [0.1, 0.15) is 26.2 Å². The fourth-order valence-corrected chi connectivity index (χ4v) is 0.540. The highest BCUT2D eigenvalue weighted by Gasteiger charge is 2.07. The maximum atomic E-state index is 10.2. The Kier molecular flexibility index (Phi) is 4.05. The molecule has 0 fully saturated rings. The molecule has 0 aliphatic rings. The molecule has 0 saturated heterocycles. The molecule has 0 aromatic carbocycles. The first-order valence-corrected chi connectivity index (χ1v) is 3.16. The van der Waals surface area contributed by atoms with Gasteiger partial charge < -0.3 is 10.8 Å². The molecule has 1 amide bonds. The molecule has 3 nitrogen and oxygen atoms in total. The normalized spacial score (nSPS) is 13.1. The first-order chi connectivity index (χ1) is 4.18. The van der Waals surface area contributed by atoms with Gasteiger partial charge in [-0.1, -0.05) is 19.8 Å².